The van der Waals surface area contributed by atoms with Crippen molar-refractivity contribution in [1.29, 1.82) is 0 Å². The van der Waals surface area contributed by atoms with E-state index in [1.54, 1.807) is 19.1 Å². The van der Waals surface area contributed by atoms with Gasteiger partial charge in [0.25, 0.3) is 0 Å². The van der Waals surface area contributed by atoms with E-state index >= 15 is 0 Å². The van der Waals surface area contributed by atoms with Crippen molar-refractivity contribution >= 4 is 11.6 Å². The zero-order valence-electron chi connectivity index (χ0n) is 11.0. The molecule has 1 aromatic carbocycles. The molecule has 104 valence electrons. The topological polar surface area (TPSA) is 52.6 Å². The van der Waals surface area contributed by atoms with Gasteiger partial charge >= 0.3 is 0 Å². The predicted molar refractivity (Wildman–Crippen MR) is 71.3 cm³/mol. The third kappa shape index (κ3) is 3.75. The highest BCUT2D eigenvalue weighted by Gasteiger charge is 2.26. The second-order valence-corrected chi connectivity index (χ2v) is 4.97. The standard InChI is InChI=1S/C14H19FN2O2/c1-10(17-7-3-6-13(18)9-17)14(19)16-12-5-2-4-11(15)8-12/h2,4-5,8,10,13,18H,3,6-7,9H2,1H3,(H,16,19). The fraction of sp³-hybridized carbons (Fsp3) is 0.500. The molecule has 1 aliphatic heterocycles. The van der Waals surface area contributed by atoms with Crippen LogP contribution < -0.4 is 5.32 Å². The van der Waals surface area contributed by atoms with Crippen LogP contribution in [0.5, 0.6) is 0 Å². The van der Waals surface area contributed by atoms with Crippen LogP contribution in [-0.2, 0) is 4.79 Å². The number of aliphatic hydroxyl groups excluding tert-OH is 1. The minimum atomic E-state index is -0.376. The van der Waals surface area contributed by atoms with Gasteiger partial charge in [-0.05, 0) is 44.5 Å². The number of rotatable bonds is 3. The number of hydrogen-bond acceptors (Lipinski definition) is 3. The Labute approximate surface area is 112 Å². The molecule has 1 heterocycles. The third-order valence-electron chi connectivity index (χ3n) is 3.45. The van der Waals surface area contributed by atoms with Crippen molar-refractivity contribution in [2.75, 3.05) is 18.4 Å². The highest BCUT2D eigenvalue weighted by Crippen LogP contribution is 2.15. The summed E-state index contributed by atoms with van der Waals surface area (Å²) in [5, 5.41) is 12.3. The molecule has 1 saturated heterocycles. The third-order valence-corrected chi connectivity index (χ3v) is 3.45. The average Bonchev–Trinajstić information content (AvgIpc) is 2.38. The second kappa shape index (κ2) is 6.12. The largest absolute Gasteiger partial charge is 0.392 e. The summed E-state index contributed by atoms with van der Waals surface area (Å²) in [5.41, 5.74) is 0.453. The number of hydrogen-bond donors (Lipinski definition) is 2. The predicted octanol–water partition coefficient (Wildman–Crippen LogP) is 1.61. The molecule has 0 saturated carbocycles. The number of anilines is 1. The monoisotopic (exact) mass is 266 g/mol. The first-order valence-corrected chi connectivity index (χ1v) is 6.55. The summed E-state index contributed by atoms with van der Waals surface area (Å²) < 4.78 is 13.0. The lowest BCUT2D eigenvalue weighted by Gasteiger charge is -2.33. The smallest absolute Gasteiger partial charge is 0.241 e. The van der Waals surface area contributed by atoms with Crippen LogP contribution in [0.3, 0.4) is 0 Å². The van der Waals surface area contributed by atoms with E-state index in [4.69, 9.17) is 0 Å². The van der Waals surface area contributed by atoms with Crippen LogP contribution in [0.25, 0.3) is 0 Å². The van der Waals surface area contributed by atoms with E-state index in [1.807, 2.05) is 4.90 Å². The Bertz CT molecular complexity index is 453. The number of nitrogens with one attached hydrogen (secondary N) is 1. The lowest BCUT2D eigenvalue weighted by Crippen LogP contribution is -2.48. The first kappa shape index (κ1) is 14.0. The number of β-amino-alcohol motifs (C(OH)–C–C–N with tert-alkyl or cyclic N) is 1. The summed E-state index contributed by atoms with van der Waals surface area (Å²) in [6.07, 6.45) is 1.31. The molecule has 2 N–H and O–H groups in total. The number of nitrogens with zero attached hydrogens (tertiary/aromatic N) is 1. The molecule has 2 atom stereocenters. The van der Waals surface area contributed by atoms with Crippen LogP contribution in [0.2, 0.25) is 0 Å². The fourth-order valence-corrected chi connectivity index (χ4v) is 2.31. The number of carbonyl (C=O) groups excluding carboxylic acids is 1. The highest BCUT2D eigenvalue weighted by atomic mass is 19.1. The maximum Gasteiger partial charge on any atom is 0.241 e. The highest BCUT2D eigenvalue weighted by molar-refractivity contribution is 5.94. The van der Waals surface area contributed by atoms with E-state index in [0.29, 0.717) is 12.2 Å². The first-order valence-electron chi connectivity index (χ1n) is 6.55. The minimum absolute atomic E-state index is 0.181. The molecule has 1 aliphatic rings. The van der Waals surface area contributed by atoms with Crippen molar-refractivity contribution in [3.8, 4) is 0 Å². The van der Waals surface area contributed by atoms with E-state index in [2.05, 4.69) is 5.32 Å². The van der Waals surface area contributed by atoms with Gasteiger partial charge in [-0.15, -0.1) is 0 Å². The Morgan fingerprint density at radius 3 is 3.05 bits per heavy atom. The van der Waals surface area contributed by atoms with Crippen LogP contribution in [0, 0.1) is 5.82 Å². The molecule has 4 nitrogen and oxygen atoms in total. The van der Waals surface area contributed by atoms with Crippen molar-refractivity contribution in [3.05, 3.63) is 30.1 Å². The normalized spacial score (nSPS) is 21.9. The van der Waals surface area contributed by atoms with Crippen LogP contribution >= 0.6 is 0 Å². The van der Waals surface area contributed by atoms with Gasteiger partial charge in [-0.25, -0.2) is 4.39 Å². The summed E-state index contributed by atoms with van der Waals surface area (Å²) in [5.74, 6) is -0.557. The number of halogens is 1. The molecule has 2 rings (SSSR count). The number of amides is 1. The van der Waals surface area contributed by atoms with Gasteiger partial charge in [0.2, 0.25) is 5.91 Å². The summed E-state index contributed by atoms with van der Waals surface area (Å²) >= 11 is 0. The van der Waals surface area contributed by atoms with Crippen molar-refractivity contribution in [3.63, 3.8) is 0 Å². The van der Waals surface area contributed by atoms with Gasteiger partial charge in [0.15, 0.2) is 0 Å². The molecule has 1 amide bonds. The zero-order valence-corrected chi connectivity index (χ0v) is 11.0. The molecule has 0 radical (unpaired) electrons. The maximum absolute atomic E-state index is 13.0. The molecular formula is C14H19FN2O2. The van der Waals surface area contributed by atoms with Gasteiger partial charge < -0.3 is 10.4 Å². The summed E-state index contributed by atoms with van der Waals surface area (Å²) in [7, 11) is 0. The Morgan fingerprint density at radius 2 is 2.37 bits per heavy atom. The number of aliphatic hydroxyl groups is 1. The quantitative estimate of drug-likeness (QED) is 0.874. The summed E-state index contributed by atoms with van der Waals surface area (Å²) in [6.45, 7) is 3.11. The van der Waals surface area contributed by atoms with Gasteiger partial charge in [0.1, 0.15) is 5.82 Å². The van der Waals surface area contributed by atoms with E-state index in [9.17, 15) is 14.3 Å². The Kier molecular flexibility index (Phi) is 4.50. The molecule has 19 heavy (non-hydrogen) atoms. The van der Waals surface area contributed by atoms with Crippen LogP contribution in [0.15, 0.2) is 24.3 Å². The van der Waals surface area contributed by atoms with Gasteiger partial charge in [-0.1, -0.05) is 6.07 Å². The van der Waals surface area contributed by atoms with E-state index in [1.165, 1.54) is 12.1 Å². The fourth-order valence-electron chi connectivity index (χ4n) is 2.31. The molecule has 0 aliphatic carbocycles. The van der Waals surface area contributed by atoms with E-state index in [0.717, 1.165) is 19.4 Å². The van der Waals surface area contributed by atoms with Crippen molar-refractivity contribution in [2.45, 2.75) is 31.9 Å². The van der Waals surface area contributed by atoms with Crippen molar-refractivity contribution in [1.82, 2.24) is 4.90 Å². The number of benzene rings is 1. The molecule has 0 aromatic heterocycles. The van der Waals surface area contributed by atoms with Crippen LogP contribution in [0.4, 0.5) is 10.1 Å². The van der Waals surface area contributed by atoms with E-state index < -0.39 is 0 Å². The SMILES string of the molecule is CC(C(=O)Nc1cccc(F)c1)N1CCCC(O)C1. The summed E-state index contributed by atoms with van der Waals surface area (Å²) in [6, 6.07) is 5.49. The number of likely N-dealkylation sites (tertiary alicyclic amines) is 1. The molecule has 5 heteroatoms. The minimum Gasteiger partial charge on any atom is -0.392 e. The van der Waals surface area contributed by atoms with Crippen LogP contribution in [0.1, 0.15) is 19.8 Å². The maximum atomic E-state index is 13.0. The van der Waals surface area contributed by atoms with Crippen molar-refractivity contribution < 1.29 is 14.3 Å². The number of piperidine rings is 1. The Hall–Kier alpha value is -1.46. The molecule has 0 spiro atoms. The molecule has 0 bridgehead atoms. The average molecular weight is 266 g/mol. The van der Waals surface area contributed by atoms with Gasteiger partial charge in [0.05, 0.1) is 12.1 Å². The number of carbonyl (C=O) groups is 1. The molecule has 1 fully saturated rings. The lowest BCUT2D eigenvalue weighted by atomic mass is 10.1. The van der Waals surface area contributed by atoms with Gasteiger partial charge in [-0.2, -0.15) is 0 Å². The zero-order chi connectivity index (χ0) is 13.8. The van der Waals surface area contributed by atoms with Crippen LogP contribution in [-0.4, -0.2) is 41.1 Å². The van der Waals surface area contributed by atoms with Gasteiger partial charge in [0, 0.05) is 12.2 Å². The Balaban J connectivity index is 1.95. The molecule has 2 unspecified atom stereocenters. The second-order valence-electron chi connectivity index (χ2n) is 4.97. The first-order chi connectivity index (χ1) is 9.06. The molecule has 1 aromatic rings. The lowest BCUT2D eigenvalue weighted by molar-refractivity contribution is -0.121. The molecular weight excluding hydrogens is 247 g/mol. The van der Waals surface area contributed by atoms with Gasteiger partial charge in [-0.3, -0.25) is 9.69 Å². The Morgan fingerprint density at radius 1 is 1.58 bits per heavy atom. The summed E-state index contributed by atoms with van der Waals surface area (Å²) in [4.78, 5) is 14.0. The van der Waals surface area contributed by atoms with E-state index in [-0.39, 0.29) is 23.9 Å². The van der Waals surface area contributed by atoms with Crippen molar-refractivity contribution in [2.24, 2.45) is 0 Å².